The van der Waals surface area contributed by atoms with E-state index in [-0.39, 0.29) is 10.7 Å². The molecule has 5 nitrogen and oxygen atoms in total. The normalized spacial score (nSPS) is 15.8. The lowest BCUT2D eigenvalue weighted by atomic mass is 10.1. The number of nitrogens with zero attached hydrogens (tertiary/aromatic N) is 1. The second kappa shape index (κ2) is 8.43. The van der Waals surface area contributed by atoms with Gasteiger partial charge in [0, 0.05) is 5.02 Å². The van der Waals surface area contributed by atoms with Crippen molar-refractivity contribution in [3.8, 4) is 5.75 Å². The van der Waals surface area contributed by atoms with Crippen molar-refractivity contribution in [1.82, 2.24) is 5.32 Å². The van der Waals surface area contributed by atoms with E-state index < -0.39 is 11.8 Å². The minimum atomic E-state index is -0.547. The monoisotopic (exact) mass is 478 g/mol. The topological polar surface area (TPSA) is 58.6 Å². The van der Waals surface area contributed by atoms with Crippen molar-refractivity contribution >= 4 is 68.4 Å². The number of benzene rings is 2. The van der Waals surface area contributed by atoms with Crippen molar-refractivity contribution in [3.63, 3.8) is 0 Å². The lowest BCUT2D eigenvalue weighted by Crippen LogP contribution is -2.54. The number of carbonyl (C=O) groups is 2. The van der Waals surface area contributed by atoms with Crippen molar-refractivity contribution in [2.75, 3.05) is 11.5 Å². The van der Waals surface area contributed by atoms with Crippen LogP contribution in [-0.4, -0.2) is 23.5 Å². The average molecular weight is 480 g/mol. The number of carbonyl (C=O) groups excluding carboxylic acids is 2. The van der Waals surface area contributed by atoms with E-state index >= 15 is 0 Å². The summed E-state index contributed by atoms with van der Waals surface area (Å²) < 4.78 is 6.21. The van der Waals surface area contributed by atoms with Crippen molar-refractivity contribution in [3.05, 3.63) is 62.6 Å². The van der Waals surface area contributed by atoms with Gasteiger partial charge in [-0.1, -0.05) is 23.7 Å². The highest BCUT2D eigenvalue weighted by Crippen LogP contribution is 2.29. The van der Waals surface area contributed by atoms with Crippen LogP contribution in [0, 0.1) is 6.92 Å². The Morgan fingerprint density at radius 2 is 2.00 bits per heavy atom. The van der Waals surface area contributed by atoms with Crippen LogP contribution in [0.4, 0.5) is 5.69 Å². The molecule has 0 unspecified atom stereocenters. The zero-order valence-corrected chi connectivity index (χ0v) is 18.2. The van der Waals surface area contributed by atoms with Gasteiger partial charge in [0.25, 0.3) is 11.8 Å². The molecule has 1 N–H and O–H groups in total. The molecular weight excluding hydrogens is 464 g/mol. The van der Waals surface area contributed by atoms with Gasteiger partial charge in [-0.05, 0) is 83.5 Å². The maximum Gasteiger partial charge on any atom is 0.270 e. The van der Waals surface area contributed by atoms with Crippen LogP contribution >= 0.6 is 39.7 Å². The summed E-state index contributed by atoms with van der Waals surface area (Å²) in [4.78, 5) is 26.7. The fourth-order valence-electron chi connectivity index (χ4n) is 2.66. The van der Waals surface area contributed by atoms with Crippen molar-refractivity contribution in [2.45, 2.75) is 13.8 Å². The molecule has 8 heteroatoms. The van der Waals surface area contributed by atoms with E-state index in [1.165, 1.54) is 11.0 Å². The lowest BCUT2D eigenvalue weighted by molar-refractivity contribution is -0.122. The minimum Gasteiger partial charge on any atom is -0.493 e. The van der Waals surface area contributed by atoms with Crippen LogP contribution in [0.2, 0.25) is 5.02 Å². The highest BCUT2D eigenvalue weighted by molar-refractivity contribution is 9.10. The molecule has 1 fully saturated rings. The Morgan fingerprint density at radius 1 is 1.25 bits per heavy atom. The molecule has 0 aromatic heterocycles. The molecule has 1 aliphatic heterocycles. The third-order valence-corrected chi connectivity index (χ3v) is 5.39. The molecule has 2 aromatic rings. The zero-order valence-electron chi connectivity index (χ0n) is 15.1. The van der Waals surface area contributed by atoms with Gasteiger partial charge in [-0.2, -0.15) is 0 Å². The van der Waals surface area contributed by atoms with Crippen LogP contribution in [-0.2, 0) is 9.59 Å². The number of anilines is 1. The fourth-order valence-corrected chi connectivity index (χ4v) is 3.63. The third kappa shape index (κ3) is 4.11. The molecule has 0 saturated carbocycles. The van der Waals surface area contributed by atoms with Gasteiger partial charge in [-0.3, -0.25) is 19.8 Å². The van der Waals surface area contributed by atoms with Crippen LogP contribution < -0.4 is 15.0 Å². The summed E-state index contributed by atoms with van der Waals surface area (Å²) in [5.41, 5.74) is 2.01. The Balaban J connectivity index is 1.98. The van der Waals surface area contributed by atoms with Gasteiger partial charge in [-0.25, -0.2) is 0 Å². The summed E-state index contributed by atoms with van der Waals surface area (Å²) in [6.45, 7) is 4.28. The van der Waals surface area contributed by atoms with E-state index in [0.29, 0.717) is 28.6 Å². The van der Waals surface area contributed by atoms with Gasteiger partial charge < -0.3 is 4.74 Å². The predicted molar refractivity (Wildman–Crippen MR) is 118 cm³/mol. The molecule has 0 atom stereocenters. The standard InChI is InChI=1S/C20H16BrClN2O3S/c1-3-27-17-7-5-12(9-15(17)21)8-14-18(25)23-20(28)24(19(14)26)13-6-4-11(2)16(22)10-13/h4-10H,3H2,1-2H3,(H,23,25,28)/b14-8+. The molecule has 3 rings (SSSR count). The van der Waals surface area contributed by atoms with Crippen LogP contribution in [0.15, 0.2) is 46.4 Å². The van der Waals surface area contributed by atoms with Gasteiger partial charge in [-0.15, -0.1) is 0 Å². The van der Waals surface area contributed by atoms with Crippen molar-refractivity contribution in [2.24, 2.45) is 0 Å². The highest BCUT2D eigenvalue weighted by atomic mass is 79.9. The molecule has 2 amide bonds. The van der Waals surface area contributed by atoms with Crippen LogP contribution in [0.5, 0.6) is 5.75 Å². The SMILES string of the molecule is CCOc1ccc(/C=C2\C(=O)NC(=S)N(c3ccc(C)c(Cl)c3)C2=O)cc1Br. The molecule has 2 aromatic carbocycles. The van der Waals surface area contributed by atoms with E-state index in [1.807, 2.05) is 13.8 Å². The predicted octanol–water partition coefficient (Wildman–Crippen LogP) is 4.64. The minimum absolute atomic E-state index is 0.0138. The average Bonchev–Trinajstić information content (AvgIpc) is 2.63. The highest BCUT2D eigenvalue weighted by Gasteiger charge is 2.34. The summed E-state index contributed by atoms with van der Waals surface area (Å²) in [5, 5.41) is 3.08. The number of rotatable bonds is 4. The first kappa shape index (κ1) is 20.5. The number of ether oxygens (including phenoxy) is 1. The summed E-state index contributed by atoms with van der Waals surface area (Å²) in [7, 11) is 0. The molecule has 1 saturated heterocycles. The fraction of sp³-hybridized carbons (Fsp3) is 0.150. The Hall–Kier alpha value is -2.22. The van der Waals surface area contributed by atoms with E-state index in [0.717, 1.165) is 10.0 Å². The lowest BCUT2D eigenvalue weighted by Gasteiger charge is -2.29. The van der Waals surface area contributed by atoms with Crippen LogP contribution in [0.3, 0.4) is 0 Å². The van der Waals surface area contributed by atoms with E-state index in [4.69, 9.17) is 28.6 Å². The van der Waals surface area contributed by atoms with Gasteiger partial charge in [0.15, 0.2) is 5.11 Å². The quantitative estimate of drug-likeness (QED) is 0.394. The first-order valence-electron chi connectivity index (χ1n) is 8.41. The first-order valence-corrected chi connectivity index (χ1v) is 9.99. The Morgan fingerprint density at radius 3 is 2.64 bits per heavy atom. The molecule has 0 spiro atoms. The van der Waals surface area contributed by atoms with E-state index in [2.05, 4.69) is 21.2 Å². The smallest absolute Gasteiger partial charge is 0.270 e. The number of amides is 2. The maximum atomic E-state index is 13.0. The van der Waals surface area contributed by atoms with Crippen molar-refractivity contribution < 1.29 is 14.3 Å². The summed E-state index contributed by atoms with van der Waals surface area (Å²) in [6, 6.07) is 10.5. The van der Waals surface area contributed by atoms with Gasteiger partial charge in [0.05, 0.1) is 16.8 Å². The summed E-state index contributed by atoms with van der Waals surface area (Å²) >= 11 is 14.8. The molecule has 1 heterocycles. The van der Waals surface area contributed by atoms with Gasteiger partial charge in [0.2, 0.25) is 0 Å². The molecule has 0 radical (unpaired) electrons. The number of hydrogen-bond donors (Lipinski definition) is 1. The number of aryl methyl sites for hydroxylation is 1. The molecular formula is C20H16BrClN2O3S. The number of halogens is 2. The van der Waals surface area contributed by atoms with Crippen molar-refractivity contribution in [1.29, 1.82) is 0 Å². The number of nitrogens with one attached hydrogen (secondary N) is 1. The molecule has 0 bridgehead atoms. The van der Waals surface area contributed by atoms with Gasteiger partial charge in [0.1, 0.15) is 11.3 Å². The Kier molecular flexibility index (Phi) is 6.17. The van der Waals surface area contributed by atoms with E-state index in [1.54, 1.807) is 36.4 Å². The second-order valence-electron chi connectivity index (χ2n) is 6.01. The van der Waals surface area contributed by atoms with E-state index in [9.17, 15) is 9.59 Å². The summed E-state index contributed by atoms with van der Waals surface area (Å²) in [5.74, 6) is -0.380. The number of hydrogen-bond acceptors (Lipinski definition) is 4. The van der Waals surface area contributed by atoms with Gasteiger partial charge >= 0.3 is 0 Å². The second-order valence-corrected chi connectivity index (χ2v) is 7.66. The molecule has 28 heavy (non-hydrogen) atoms. The first-order chi connectivity index (χ1) is 13.3. The largest absolute Gasteiger partial charge is 0.493 e. The molecule has 1 aliphatic rings. The van der Waals surface area contributed by atoms with Crippen LogP contribution in [0.1, 0.15) is 18.1 Å². The Labute approximate surface area is 181 Å². The summed E-state index contributed by atoms with van der Waals surface area (Å²) in [6.07, 6.45) is 1.52. The molecule has 144 valence electrons. The maximum absolute atomic E-state index is 13.0. The zero-order chi connectivity index (χ0) is 20.4. The molecule has 0 aliphatic carbocycles. The number of thiocarbonyl (C=S) groups is 1. The Bertz CT molecular complexity index is 1020. The van der Waals surface area contributed by atoms with Crippen LogP contribution in [0.25, 0.3) is 6.08 Å². The third-order valence-electron chi connectivity index (χ3n) is 4.08.